The molecule has 0 atom stereocenters. The molecule has 0 aliphatic heterocycles. The summed E-state index contributed by atoms with van der Waals surface area (Å²) < 4.78 is 0. The molecule has 6 heteroatoms. The quantitative estimate of drug-likeness (QED) is 0.260. The minimum absolute atomic E-state index is 0.0163. The molecule has 184 valence electrons. The van der Waals surface area contributed by atoms with Crippen molar-refractivity contribution >= 4 is 11.7 Å². The van der Waals surface area contributed by atoms with E-state index in [1.165, 1.54) is 0 Å². The van der Waals surface area contributed by atoms with Gasteiger partial charge in [0, 0.05) is 18.2 Å². The van der Waals surface area contributed by atoms with E-state index in [0.29, 0.717) is 17.2 Å². The molecule has 1 heterocycles. The molecule has 0 amide bonds. The summed E-state index contributed by atoms with van der Waals surface area (Å²) in [7, 11) is 1.67. The molecule has 0 unspecified atom stereocenters. The second-order valence-electron chi connectivity index (χ2n) is 8.21. The lowest BCUT2D eigenvalue weighted by Crippen LogP contribution is -2.11. The standard InChI is InChI=1S/C18H15N3O2.C13H13N/c1-19-15-14(12-8-4-2-5-9-12)20-17(21-16(15)18(22)23)13-10-6-3-7-11-13;14-13(11-7-3-1-4-8-11)12-9-5-2-6-10-12/h2-11,19H,1H3,(H,22,23);1-10,13H,14H2. The Labute approximate surface area is 216 Å². The van der Waals surface area contributed by atoms with E-state index in [-0.39, 0.29) is 11.7 Å². The van der Waals surface area contributed by atoms with Gasteiger partial charge in [-0.2, -0.15) is 0 Å². The van der Waals surface area contributed by atoms with Gasteiger partial charge in [0.1, 0.15) is 0 Å². The molecule has 5 aromatic rings. The Hall–Kier alpha value is -4.81. The summed E-state index contributed by atoms with van der Waals surface area (Å²) >= 11 is 0. The number of anilines is 1. The van der Waals surface area contributed by atoms with Crippen LogP contribution in [-0.2, 0) is 0 Å². The Kier molecular flexibility index (Phi) is 8.37. The van der Waals surface area contributed by atoms with Crippen LogP contribution in [0.1, 0.15) is 27.7 Å². The predicted molar refractivity (Wildman–Crippen MR) is 148 cm³/mol. The number of nitrogens with one attached hydrogen (secondary N) is 1. The van der Waals surface area contributed by atoms with Gasteiger partial charge in [0.2, 0.25) is 0 Å². The molecule has 1 aromatic heterocycles. The average molecular weight is 489 g/mol. The molecule has 37 heavy (non-hydrogen) atoms. The molecular weight excluding hydrogens is 460 g/mol. The van der Waals surface area contributed by atoms with Crippen LogP contribution < -0.4 is 11.1 Å². The number of nitrogens with two attached hydrogens (primary N) is 1. The molecule has 0 aliphatic carbocycles. The van der Waals surface area contributed by atoms with Gasteiger partial charge in [0.15, 0.2) is 11.5 Å². The summed E-state index contributed by atoms with van der Waals surface area (Å²) in [6, 6.07) is 39.1. The highest BCUT2D eigenvalue weighted by Gasteiger charge is 2.20. The minimum atomic E-state index is -1.09. The lowest BCUT2D eigenvalue weighted by atomic mass is 10.00. The first-order chi connectivity index (χ1) is 18.1. The maximum Gasteiger partial charge on any atom is 0.356 e. The van der Waals surface area contributed by atoms with Gasteiger partial charge in [0.05, 0.1) is 17.4 Å². The molecule has 4 N–H and O–H groups in total. The third-order valence-electron chi connectivity index (χ3n) is 5.76. The van der Waals surface area contributed by atoms with E-state index >= 15 is 0 Å². The van der Waals surface area contributed by atoms with Crippen LogP contribution in [-0.4, -0.2) is 28.1 Å². The number of nitrogens with zero attached hydrogens (tertiary/aromatic N) is 2. The van der Waals surface area contributed by atoms with Crippen molar-refractivity contribution in [3.05, 3.63) is 138 Å². The first kappa shape index (κ1) is 25.3. The Bertz CT molecular complexity index is 1390. The molecule has 0 bridgehead atoms. The minimum Gasteiger partial charge on any atom is -0.476 e. The summed E-state index contributed by atoms with van der Waals surface area (Å²) in [5, 5.41) is 12.4. The van der Waals surface area contributed by atoms with Gasteiger partial charge >= 0.3 is 5.97 Å². The number of aromatic carboxylic acids is 1. The van der Waals surface area contributed by atoms with Crippen molar-refractivity contribution in [2.75, 3.05) is 12.4 Å². The van der Waals surface area contributed by atoms with Crippen molar-refractivity contribution < 1.29 is 9.90 Å². The van der Waals surface area contributed by atoms with Gasteiger partial charge in [-0.05, 0) is 11.1 Å². The van der Waals surface area contributed by atoms with Crippen molar-refractivity contribution in [3.8, 4) is 22.6 Å². The largest absolute Gasteiger partial charge is 0.476 e. The number of carboxylic acid groups (broad SMARTS) is 1. The van der Waals surface area contributed by atoms with E-state index in [9.17, 15) is 9.90 Å². The number of hydrogen-bond acceptors (Lipinski definition) is 5. The van der Waals surface area contributed by atoms with Crippen LogP contribution in [0.15, 0.2) is 121 Å². The normalized spacial score (nSPS) is 10.4. The SMILES string of the molecule is CNc1c(C(=O)O)nc(-c2ccccc2)nc1-c1ccccc1.NC(c1ccccc1)c1ccccc1. The van der Waals surface area contributed by atoms with E-state index in [0.717, 1.165) is 22.3 Å². The fourth-order valence-corrected chi connectivity index (χ4v) is 3.89. The molecule has 0 fully saturated rings. The zero-order valence-electron chi connectivity index (χ0n) is 20.5. The molecule has 0 saturated carbocycles. The first-order valence-corrected chi connectivity index (χ1v) is 11.9. The summed E-state index contributed by atoms with van der Waals surface area (Å²) in [5.41, 5.74) is 11.0. The molecule has 6 nitrogen and oxygen atoms in total. The van der Waals surface area contributed by atoms with Crippen LogP contribution in [0.25, 0.3) is 22.6 Å². The van der Waals surface area contributed by atoms with Crippen molar-refractivity contribution in [1.29, 1.82) is 0 Å². The maximum atomic E-state index is 11.6. The van der Waals surface area contributed by atoms with Gasteiger partial charge in [0.25, 0.3) is 0 Å². The van der Waals surface area contributed by atoms with E-state index < -0.39 is 5.97 Å². The van der Waals surface area contributed by atoms with Crippen LogP contribution in [0, 0.1) is 0 Å². The van der Waals surface area contributed by atoms with Gasteiger partial charge in [-0.15, -0.1) is 0 Å². The Balaban J connectivity index is 0.000000195. The van der Waals surface area contributed by atoms with E-state index in [2.05, 4.69) is 39.6 Å². The van der Waals surface area contributed by atoms with Gasteiger partial charge in [-0.1, -0.05) is 121 Å². The summed E-state index contributed by atoms with van der Waals surface area (Å²) in [6.07, 6.45) is 0. The lowest BCUT2D eigenvalue weighted by molar-refractivity contribution is 0.0691. The average Bonchev–Trinajstić information content (AvgIpc) is 2.98. The molecular formula is C31H28N4O2. The Morgan fingerprint density at radius 3 is 1.57 bits per heavy atom. The van der Waals surface area contributed by atoms with Crippen LogP contribution in [0.3, 0.4) is 0 Å². The summed E-state index contributed by atoms with van der Waals surface area (Å²) in [6.45, 7) is 0. The van der Waals surface area contributed by atoms with Gasteiger partial charge < -0.3 is 16.2 Å². The molecule has 5 rings (SSSR count). The molecule has 0 spiro atoms. The highest BCUT2D eigenvalue weighted by molar-refractivity contribution is 5.97. The van der Waals surface area contributed by atoms with Crippen molar-refractivity contribution in [2.45, 2.75) is 6.04 Å². The zero-order valence-corrected chi connectivity index (χ0v) is 20.5. The monoisotopic (exact) mass is 488 g/mol. The number of benzene rings is 4. The van der Waals surface area contributed by atoms with E-state index in [1.807, 2.05) is 97.1 Å². The lowest BCUT2D eigenvalue weighted by Gasteiger charge is -2.13. The van der Waals surface area contributed by atoms with E-state index in [4.69, 9.17) is 5.73 Å². The summed E-state index contributed by atoms with van der Waals surface area (Å²) in [5.74, 6) is -0.702. The van der Waals surface area contributed by atoms with Gasteiger partial charge in [-0.25, -0.2) is 14.8 Å². The fourth-order valence-electron chi connectivity index (χ4n) is 3.89. The maximum absolute atomic E-state index is 11.6. The second kappa shape index (κ2) is 12.2. The van der Waals surface area contributed by atoms with Crippen LogP contribution in [0.5, 0.6) is 0 Å². The van der Waals surface area contributed by atoms with E-state index in [1.54, 1.807) is 7.05 Å². The first-order valence-electron chi connectivity index (χ1n) is 11.9. The third kappa shape index (κ3) is 6.25. The molecule has 0 aliphatic rings. The number of aromatic nitrogens is 2. The van der Waals surface area contributed by atoms with Crippen molar-refractivity contribution in [3.63, 3.8) is 0 Å². The van der Waals surface area contributed by atoms with Crippen molar-refractivity contribution in [1.82, 2.24) is 9.97 Å². The number of rotatable bonds is 6. The highest BCUT2D eigenvalue weighted by Crippen LogP contribution is 2.30. The Morgan fingerprint density at radius 1 is 0.703 bits per heavy atom. The molecule has 0 radical (unpaired) electrons. The van der Waals surface area contributed by atoms with Crippen LogP contribution >= 0.6 is 0 Å². The number of carbonyl (C=O) groups is 1. The predicted octanol–water partition coefficient (Wildman–Crippen LogP) is 6.29. The smallest absolute Gasteiger partial charge is 0.356 e. The number of hydrogen-bond donors (Lipinski definition) is 3. The second-order valence-corrected chi connectivity index (χ2v) is 8.21. The Morgan fingerprint density at radius 2 is 1.14 bits per heavy atom. The fraction of sp³-hybridized carbons (Fsp3) is 0.0645. The molecule has 4 aromatic carbocycles. The van der Waals surface area contributed by atoms with Crippen LogP contribution in [0.4, 0.5) is 5.69 Å². The molecule has 0 saturated heterocycles. The number of carboxylic acids is 1. The zero-order chi connectivity index (χ0) is 26.0. The van der Waals surface area contributed by atoms with Crippen LogP contribution in [0.2, 0.25) is 0 Å². The topological polar surface area (TPSA) is 101 Å². The highest BCUT2D eigenvalue weighted by atomic mass is 16.4. The third-order valence-corrected chi connectivity index (χ3v) is 5.76. The summed E-state index contributed by atoms with van der Waals surface area (Å²) in [4.78, 5) is 20.4. The van der Waals surface area contributed by atoms with Gasteiger partial charge in [-0.3, -0.25) is 0 Å². The van der Waals surface area contributed by atoms with Crippen molar-refractivity contribution in [2.24, 2.45) is 5.73 Å².